The minimum absolute atomic E-state index is 0.0138. The number of fused-ring (bicyclic) bond motifs is 2. The van der Waals surface area contributed by atoms with Crippen LogP contribution in [0.2, 0.25) is 0 Å². The Kier molecular flexibility index (Phi) is 5.29. The average Bonchev–Trinajstić information content (AvgIpc) is 2.75. The minimum atomic E-state index is 0.0138. The topological polar surface area (TPSA) is 46.1 Å². The Balaban J connectivity index is 1.62. The zero-order valence-electron chi connectivity index (χ0n) is 16.0. The summed E-state index contributed by atoms with van der Waals surface area (Å²) in [4.78, 5) is 24.1. The van der Waals surface area contributed by atoms with Gasteiger partial charge in [-0.05, 0) is 36.2 Å². The largest absolute Gasteiger partial charge is 0.334 e. The second kappa shape index (κ2) is 8.17. The van der Waals surface area contributed by atoms with Gasteiger partial charge in [-0.1, -0.05) is 49.7 Å². The van der Waals surface area contributed by atoms with E-state index in [1.807, 2.05) is 59.6 Å². The molecule has 4 aromatic rings. The third-order valence-corrected chi connectivity index (χ3v) is 4.93. The molecule has 0 bridgehead atoms. The smallest absolute Gasteiger partial charge is 0.255 e. The van der Waals surface area contributed by atoms with Crippen molar-refractivity contribution in [3.05, 3.63) is 84.2 Å². The van der Waals surface area contributed by atoms with E-state index in [4.69, 9.17) is 0 Å². The van der Waals surface area contributed by atoms with Gasteiger partial charge in [-0.25, -0.2) is 0 Å². The van der Waals surface area contributed by atoms with Crippen LogP contribution in [-0.2, 0) is 6.54 Å². The van der Waals surface area contributed by atoms with Crippen molar-refractivity contribution in [3.8, 4) is 0 Å². The molecule has 0 aliphatic heterocycles. The van der Waals surface area contributed by atoms with E-state index in [-0.39, 0.29) is 5.91 Å². The lowest BCUT2D eigenvalue weighted by atomic mass is 10.1. The predicted molar refractivity (Wildman–Crippen MR) is 113 cm³/mol. The highest BCUT2D eigenvalue weighted by molar-refractivity contribution is 5.97. The summed E-state index contributed by atoms with van der Waals surface area (Å²) in [6.45, 7) is 3.40. The van der Waals surface area contributed by atoms with E-state index in [9.17, 15) is 4.79 Å². The lowest BCUT2D eigenvalue weighted by Gasteiger charge is -2.23. The first-order chi connectivity index (χ1) is 13.7. The fourth-order valence-corrected chi connectivity index (χ4v) is 3.40. The first-order valence-electron chi connectivity index (χ1n) is 9.72. The number of carbonyl (C=O) groups excluding carboxylic acids is 1. The number of aromatic nitrogens is 2. The first-order valence-corrected chi connectivity index (χ1v) is 9.72. The van der Waals surface area contributed by atoms with Gasteiger partial charge in [0.05, 0.1) is 16.6 Å². The third kappa shape index (κ3) is 3.86. The fourth-order valence-electron chi connectivity index (χ4n) is 3.40. The van der Waals surface area contributed by atoms with Gasteiger partial charge in [-0.3, -0.25) is 14.8 Å². The predicted octanol–water partition coefficient (Wildman–Crippen LogP) is 5.23. The SMILES string of the molecule is CCCCN(Cc1cnc2ccccc2c1)C(=O)c1cnc2ccccc2c1. The van der Waals surface area contributed by atoms with E-state index < -0.39 is 0 Å². The molecular formula is C24H23N3O. The van der Waals surface area contributed by atoms with Gasteiger partial charge in [-0.2, -0.15) is 0 Å². The average molecular weight is 369 g/mol. The number of hydrogen-bond acceptors (Lipinski definition) is 3. The van der Waals surface area contributed by atoms with E-state index >= 15 is 0 Å². The van der Waals surface area contributed by atoms with E-state index in [0.717, 1.165) is 46.8 Å². The van der Waals surface area contributed by atoms with Crippen LogP contribution >= 0.6 is 0 Å². The maximum atomic E-state index is 13.2. The number of rotatable bonds is 6. The van der Waals surface area contributed by atoms with Crippen LogP contribution in [0.3, 0.4) is 0 Å². The summed E-state index contributed by atoms with van der Waals surface area (Å²) in [5.74, 6) is 0.0138. The molecule has 2 aromatic heterocycles. The summed E-state index contributed by atoms with van der Waals surface area (Å²) in [6.07, 6.45) is 5.55. The molecule has 0 N–H and O–H groups in total. The van der Waals surface area contributed by atoms with Crippen LogP contribution in [0, 0.1) is 0 Å². The number of amides is 1. The molecule has 2 aromatic carbocycles. The molecular weight excluding hydrogens is 346 g/mol. The Morgan fingerprint density at radius 1 is 0.893 bits per heavy atom. The van der Waals surface area contributed by atoms with Gasteiger partial charge in [-0.15, -0.1) is 0 Å². The Morgan fingerprint density at radius 2 is 1.54 bits per heavy atom. The van der Waals surface area contributed by atoms with E-state index in [1.165, 1.54) is 0 Å². The standard InChI is InChI=1S/C24H23N3O/c1-2-3-12-27(17-18-13-19-8-4-6-10-22(19)25-15-18)24(28)21-14-20-9-5-7-11-23(20)26-16-21/h4-11,13-16H,2-3,12,17H2,1H3. The van der Waals surface area contributed by atoms with Crippen molar-refractivity contribution in [3.63, 3.8) is 0 Å². The van der Waals surface area contributed by atoms with Crippen molar-refractivity contribution in [1.82, 2.24) is 14.9 Å². The number of carbonyl (C=O) groups is 1. The van der Waals surface area contributed by atoms with Crippen molar-refractivity contribution in [2.45, 2.75) is 26.3 Å². The van der Waals surface area contributed by atoms with Crippen LogP contribution in [0.1, 0.15) is 35.7 Å². The van der Waals surface area contributed by atoms with E-state index in [0.29, 0.717) is 12.1 Å². The molecule has 4 heteroatoms. The van der Waals surface area contributed by atoms with Crippen LogP contribution in [-0.4, -0.2) is 27.3 Å². The lowest BCUT2D eigenvalue weighted by molar-refractivity contribution is 0.0740. The maximum absolute atomic E-state index is 13.2. The summed E-state index contributed by atoms with van der Waals surface area (Å²) >= 11 is 0. The monoisotopic (exact) mass is 369 g/mol. The number of pyridine rings is 2. The molecule has 0 fully saturated rings. The molecule has 2 heterocycles. The second-order valence-electron chi connectivity index (χ2n) is 7.03. The third-order valence-electron chi connectivity index (χ3n) is 4.93. The fraction of sp³-hybridized carbons (Fsp3) is 0.208. The van der Waals surface area contributed by atoms with E-state index in [2.05, 4.69) is 29.0 Å². The molecule has 4 rings (SSSR count). The summed E-state index contributed by atoms with van der Waals surface area (Å²) < 4.78 is 0. The first kappa shape index (κ1) is 18.1. The maximum Gasteiger partial charge on any atom is 0.255 e. The number of hydrogen-bond donors (Lipinski definition) is 0. The van der Waals surface area contributed by atoms with Gasteiger partial charge < -0.3 is 4.90 Å². The number of benzene rings is 2. The second-order valence-corrected chi connectivity index (χ2v) is 7.03. The molecule has 140 valence electrons. The molecule has 0 atom stereocenters. The molecule has 0 saturated heterocycles. The Hall–Kier alpha value is -3.27. The van der Waals surface area contributed by atoms with Crippen LogP contribution in [0.25, 0.3) is 21.8 Å². The van der Waals surface area contributed by atoms with Crippen LogP contribution < -0.4 is 0 Å². The summed E-state index contributed by atoms with van der Waals surface area (Å²) in [5.41, 5.74) is 3.54. The van der Waals surface area contributed by atoms with Crippen molar-refractivity contribution in [2.75, 3.05) is 6.54 Å². The Morgan fingerprint density at radius 3 is 2.25 bits per heavy atom. The van der Waals surface area contributed by atoms with Gasteiger partial charge in [0.2, 0.25) is 0 Å². The molecule has 4 nitrogen and oxygen atoms in total. The highest BCUT2D eigenvalue weighted by atomic mass is 16.2. The van der Waals surface area contributed by atoms with Gasteiger partial charge in [0.15, 0.2) is 0 Å². The molecule has 0 saturated carbocycles. The van der Waals surface area contributed by atoms with Crippen molar-refractivity contribution >= 4 is 27.7 Å². The van der Waals surface area contributed by atoms with Gasteiger partial charge >= 0.3 is 0 Å². The Labute approximate surface area is 164 Å². The van der Waals surface area contributed by atoms with Crippen molar-refractivity contribution in [2.24, 2.45) is 0 Å². The molecule has 0 aliphatic rings. The van der Waals surface area contributed by atoms with Gasteiger partial charge in [0.1, 0.15) is 0 Å². The van der Waals surface area contributed by atoms with Crippen molar-refractivity contribution < 1.29 is 4.79 Å². The zero-order valence-corrected chi connectivity index (χ0v) is 16.0. The van der Waals surface area contributed by atoms with Crippen LogP contribution in [0.4, 0.5) is 0 Å². The number of unbranched alkanes of at least 4 members (excludes halogenated alkanes) is 1. The molecule has 28 heavy (non-hydrogen) atoms. The summed E-state index contributed by atoms with van der Waals surface area (Å²) in [6, 6.07) is 20.0. The molecule has 0 unspecified atom stereocenters. The van der Waals surface area contributed by atoms with Crippen LogP contribution in [0.5, 0.6) is 0 Å². The van der Waals surface area contributed by atoms with Gasteiger partial charge in [0, 0.05) is 36.3 Å². The highest BCUT2D eigenvalue weighted by Gasteiger charge is 2.17. The van der Waals surface area contributed by atoms with Gasteiger partial charge in [0.25, 0.3) is 5.91 Å². The van der Waals surface area contributed by atoms with Crippen LogP contribution in [0.15, 0.2) is 73.1 Å². The Bertz CT molecular complexity index is 1120. The normalized spacial score (nSPS) is 11.0. The summed E-state index contributed by atoms with van der Waals surface area (Å²) in [7, 11) is 0. The number of nitrogens with zero attached hydrogens (tertiary/aromatic N) is 3. The molecule has 0 spiro atoms. The number of para-hydroxylation sites is 2. The molecule has 0 radical (unpaired) electrons. The molecule has 0 aliphatic carbocycles. The quantitative estimate of drug-likeness (QED) is 0.468. The van der Waals surface area contributed by atoms with Crippen molar-refractivity contribution in [1.29, 1.82) is 0 Å². The lowest BCUT2D eigenvalue weighted by Crippen LogP contribution is -2.31. The molecule has 1 amide bonds. The minimum Gasteiger partial charge on any atom is -0.334 e. The highest BCUT2D eigenvalue weighted by Crippen LogP contribution is 2.18. The zero-order chi connectivity index (χ0) is 19.3. The summed E-state index contributed by atoms with van der Waals surface area (Å²) in [5, 5.41) is 2.08. The van der Waals surface area contributed by atoms with E-state index in [1.54, 1.807) is 6.20 Å².